The summed E-state index contributed by atoms with van der Waals surface area (Å²) in [5.74, 6) is -0.0253. The molecular formula is C16H16Br2N2O. The van der Waals surface area contributed by atoms with Gasteiger partial charge in [-0.05, 0) is 80.6 Å². The Labute approximate surface area is 141 Å². The fraction of sp³-hybridized carbons (Fsp3) is 0.188. The normalized spacial score (nSPS) is 10.4. The highest BCUT2D eigenvalue weighted by atomic mass is 79.9. The molecule has 1 amide bonds. The molecule has 2 rings (SSSR count). The van der Waals surface area contributed by atoms with Gasteiger partial charge >= 0.3 is 0 Å². The lowest BCUT2D eigenvalue weighted by atomic mass is 10.1. The number of carbonyl (C=O) groups is 1. The second-order valence-electron chi connectivity index (χ2n) is 4.90. The molecule has 2 aromatic carbocycles. The van der Waals surface area contributed by atoms with Gasteiger partial charge in [0.2, 0.25) is 5.91 Å². The number of anilines is 2. The van der Waals surface area contributed by atoms with Gasteiger partial charge in [-0.3, -0.25) is 4.79 Å². The summed E-state index contributed by atoms with van der Waals surface area (Å²) >= 11 is 6.94. The van der Waals surface area contributed by atoms with E-state index in [0.29, 0.717) is 12.8 Å². The van der Waals surface area contributed by atoms with Crippen molar-refractivity contribution >= 4 is 49.1 Å². The summed E-state index contributed by atoms with van der Waals surface area (Å²) in [7, 11) is 0. The van der Waals surface area contributed by atoms with Crippen LogP contribution in [0.2, 0.25) is 0 Å². The fourth-order valence-corrected chi connectivity index (χ4v) is 3.64. The Kier molecular flexibility index (Phi) is 5.42. The van der Waals surface area contributed by atoms with Crippen molar-refractivity contribution in [1.82, 2.24) is 0 Å². The first-order valence-electron chi connectivity index (χ1n) is 6.55. The largest absolute Gasteiger partial charge is 0.399 e. The van der Waals surface area contributed by atoms with Crippen molar-refractivity contribution in [2.45, 2.75) is 19.8 Å². The minimum atomic E-state index is -0.0253. The Morgan fingerprint density at radius 2 is 1.86 bits per heavy atom. The summed E-state index contributed by atoms with van der Waals surface area (Å²) in [6.07, 6.45) is 1.08. The number of halogens is 2. The van der Waals surface area contributed by atoms with Crippen LogP contribution in [0.4, 0.5) is 11.4 Å². The Hall–Kier alpha value is -1.33. The molecule has 110 valence electrons. The smallest absolute Gasteiger partial charge is 0.224 e. The molecule has 0 heterocycles. The summed E-state index contributed by atoms with van der Waals surface area (Å²) in [6.45, 7) is 2.00. The van der Waals surface area contributed by atoms with Crippen molar-refractivity contribution in [3.05, 3.63) is 56.5 Å². The molecule has 0 fully saturated rings. The van der Waals surface area contributed by atoms with Gasteiger partial charge in [-0.2, -0.15) is 0 Å². The summed E-state index contributed by atoms with van der Waals surface area (Å²) in [4.78, 5) is 12.1. The van der Waals surface area contributed by atoms with Crippen LogP contribution in [0.15, 0.2) is 45.3 Å². The van der Waals surface area contributed by atoms with Crippen LogP contribution in [0.1, 0.15) is 17.5 Å². The van der Waals surface area contributed by atoms with Gasteiger partial charge in [0.1, 0.15) is 0 Å². The number of amides is 1. The molecule has 0 saturated carbocycles. The number of rotatable bonds is 4. The molecule has 0 aliphatic carbocycles. The second kappa shape index (κ2) is 7.09. The Balaban J connectivity index is 1.99. The number of hydrogen-bond donors (Lipinski definition) is 2. The Morgan fingerprint density at radius 3 is 2.48 bits per heavy atom. The molecule has 0 unspecified atom stereocenters. The summed E-state index contributed by atoms with van der Waals surface area (Å²) in [6, 6.07) is 11.5. The maximum absolute atomic E-state index is 12.1. The van der Waals surface area contributed by atoms with E-state index in [1.165, 1.54) is 0 Å². The van der Waals surface area contributed by atoms with Crippen LogP contribution in [0.5, 0.6) is 0 Å². The molecule has 3 N–H and O–H groups in total. The predicted molar refractivity (Wildman–Crippen MR) is 94.4 cm³/mol. The third-order valence-corrected chi connectivity index (χ3v) is 4.29. The Bertz CT molecular complexity index is 648. The van der Waals surface area contributed by atoms with Gasteiger partial charge < -0.3 is 11.1 Å². The number of nitrogens with one attached hydrogen (secondary N) is 1. The summed E-state index contributed by atoms with van der Waals surface area (Å²) < 4.78 is 1.73. The molecule has 5 heteroatoms. The van der Waals surface area contributed by atoms with Gasteiger partial charge in [0, 0.05) is 21.1 Å². The van der Waals surface area contributed by atoms with E-state index in [-0.39, 0.29) is 5.91 Å². The molecule has 0 aromatic heterocycles. The van der Waals surface area contributed by atoms with E-state index in [1.807, 2.05) is 43.3 Å². The van der Waals surface area contributed by atoms with E-state index in [1.54, 1.807) is 0 Å². The molecule has 0 bridgehead atoms. The third kappa shape index (κ3) is 4.58. The number of carbonyl (C=O) groups excluding carboxylic acids is 1. The monoisotopic (exact) mass is 410 g/mol. The van der Waals surface area contributed by atoms with Gasteiger partial charge in [0.25, 0.3) is 0 Å². The van der Waals surface area contributed by atoms with E-state index in [9.17, 15) is 4.79 Å². The number of benzene rings is 2. The second-order valence-corrected chi connectivity index (χ2v) is 6.61. The lowest BCUT2D eigenvalue weighted by Crippen LogP contribution is -2.13. The van der Waals surface area contributed by atoms with Crippen LogP contribution >= 0.6 is 31.9 Å². The van der Waals surface area contributed by atoms with Crippen molar-refractivity contribution in [2.75, 3.05) is 11.1 Å². The van der Waals surface area contributed by atoms with Gasteiger partial charge in [0.15, 0.2) is 0 Å². The molecule has 0 saturated heterocycles. The number of hydrogen-bond acceptors (Lipinski definition) is 2. The molecule has 0 aliphatic heterocycles. The van der Waals surface area contributed by atoms with E-state index in [4.69, 9.17) is 5.73 Å². The van der Waals surface area contributed by atoms with Crippen molar-refractivity contribution < 1.29 is 4.79 Å². The molecule has 21 heavy (non-hydrogen) atoms. The van der Waals surface area contributed by atoms with Gasteiger partial charge in [0.05, 0.1) is 5.69 Å². The van der Waals surface area contributed by atoms with E-state index in [0.717, 1.165) is 31.4 Å². The van der Waals surface area contributed by atoms with Crippen molar-refractivity contribution in [2.24, 2.45) is 0 Å². The number of nitrogens with two attached hydrogens (primary N) is 1. The first-order valence-corrected chi connectivity index (χ1v) is 8.14. The predicted octanol–water partition coefficient (Wildman–Crippen LogP) is 4.67. The average molecular weight is 412 g/mol. The van der Waals surface area contributed by atoms with Crippen LogP contribution in [-0.2, 0) is 11.2 Å². The highest BCUT2D eigenvalue weighted by molar-refractivity contribution is 9.11. The third-order valence-electron chi connectivity index (χ3n) is 3.04. The highest BCUT2D eigenvalue weighted by Crippen LogP contribution is 2.32. The molecule has 0 aliphatic rings. The number of aryl methyl sites for hydroxylation is 2. The van der Waals surface area contributed by atoms with Crippen molar-refractivity contribution in [3.63, 3.8) is 0 Å². The topological polar surface area (TPSA) is 55.1 Å². The highest BCUT2D eigenvalue weighted by Gasteiger charge is 2.10. The first kappa shape index (κ1) is 16.0. The lowest BCUT2D eigenvalue weighted by molar-refractivity contribution is -0.116. The van der Waals surface area contributed by atoms with Crippen molar-refractivity contribution in [1.29, 1.82) is 0 Å². The summed E-state index contributed by atoms with van der Waals surface area (Å²) in [5.41, 5.74) is 9.39. The van der Waals surface area contributed by atoms with Crippen LogP contribution in [-0.4, -0.2) is 5.91 Å². The van der Waals surface area contributed by atoms with Crippen LogP contribution < -0.4 is 11.1 Å². The first-order chi connectivity index (χ1) is 9.95. The van der Waals surface area contributed by atoms with Crippen molar-refractivity contribution in [3.8, 4) is 0 Å². The van der Waals surface area contributed by atoms with Gasteiger partial charge in [-0.1, -0.05) is 12.1 Å². The molecule has 3 nitrogen and oxygen atoms in total. The quantitative estimate of drug-likeness (QED) is 0.718. The maximum atomic E-state index is 12.1. The minimum Gasteiger partial charge on any atom is -0.399 e. The molecule has 2 aromatic rings. The van der Waals surface area contributed by atoms with Crippen LogP contribution in [0.3, 0.4) is 0 Å². The standard InChI is InChI=1S/C16H16Br2N2O/c1-10-7-13(17)16(14(18)8-10)20-15(21)6-5-11-3-2-4-12(19)9-11/h2-4,7-9H,5-6,19H2,1H3,(H,20,21). The van der Waals surface area contributed by atoms with E-state index < -0.39 is 0 Å². The fourth-order valence-electron chi connectivity index (χ4n) is 2.03. The molecular weight excluding hydrogens is 396 g/mol. The summed E-state index contributed by atoms with van der Waals surface area (Å²) in [5, 5.41) is 2.93. The molecule has 0 spiro atoms. The van der Waals surface area contributed by atoms with Gasteiger partial charge in [-0.25, -0.2) is 0 Å². The Morgan fingerprint density at radius 1 is 1.19 bits per heavy atom. The minimum absolute atomic E-state index is 0.0253. The van der Waals surface area contributed by atoms with Gasteiger partial charge in [-0.15, -0.1) is 0 Å². The maximum Gasteiger partial charge on any atom is 0.224 e. The zero-order chi connectivity index (χ0) is 15.4. The SMILES string of the molecule is Cc1cc(Br)c(NC(=O)CCc2cccc(N)c2)c(Br)c1. The lowest BCUT2D eigenvalue weighted by Gasteiger charge is -2.11. The zero-order valence-electron chi connectivity index (χ0n) is 11.6. The molecule has 0 radical (unpaired) electrons. The van der Waals surface area contributed by atoms with Crippen LogP contribution in [0.25, 0.3) is 0 Å². The van der Waals surface area contributed by atoms with E-state index in [2.05, 4.69) is 37.2 Å². The van der Waals surface area contributed by atoms with Crippen LogP contribution in [0, 0.1) is 6.92 Å². The molecule has 0 atom stereocenters. The number of nitrogen functional groups attached to an aromatic ring is 1. The van der Waals surface area contributed by atoms with E-state index >= 15 is 0 Å². The zero-order valence-corrected chi connectivity index (χ0v) is 14.8. The average Bonchev–Trinajstić information content (AvgIpc) is 2.40.